The molecule has 0 bridgehead atoms. The number of hydrogen-bond acceptors (Lipinski definition) is 5. The quantitative estimate of drug-likeness (QED) is 0.375. The van der Waals surface area contributed by atoms with E-state index in [0.717, 1.165) is 0 Å². The molecule has 0 aliphatic rings. The van der Waals surface area contributed by atoms with Gasteiger partial charge >= 0.3 is 16.4 Å². The molecule has 0 amide bonds. The van der Waals surface area contributed by atoms with E-state index >= 15 is 0 Å². The predicted molar refractivity (Wildman–Crippen MR) is 47.7 cm³/mol. The lowest BCUT2D eigenvalue weighted by Gasteiger charge is -2.02. The van der Waals surface area contributed by atoms with Gasteiger partial charge in [0.15, 0.2) is 0 Å². The second kappa shape index (κ2) is 5.74. The lowest BCUT2D eigenvalue weighted by atomic mass is 10.1. The first kappa shape index (κ1) is 13.1. The molecule has 7 heteroatoms. The fraction of sp³-hybridized carbons (Fsp3) is 0.571. The van der Waals surface area contributed by atoms with Crippen LogP contribution in [-0.2, 0) is 19.4 Å². The van der Waals surface area contributed by atoms with Crippen molar-refractivity contribution >= 4 is 16.4 Å². The summed E-state index contributed by atoms with van der Waals surface area (Å²) in [6.45, 7) is 3.27. The lowest BCUT2D eigenvalue weighted by molar-refractivity contribution is -0.130. The maximum absolute atomic E-state index is 10.8. The van der Waals surface area contributed by atoms with Gasteiger partial charge in [0.05, 0.1) is 0 Å². The minimum Gasteiger partial charge on any atom is -0.396 e. The van der Waals surface area contributed by atoms with Crippen LogP contribution in [0.2, 0.25) is 0 Å². The highest BCUT2D eigenvalue weighted by Crippen LogP contribution is 2.07. The number of aliphatic hydroxyl groups excluding tert-OH is 1. The molecule has 0 aliphatic carbocycles. The highest BCUT2D eigenvalue weighted by atomic mass is 32.3. The molecule has 0 aromatic rings. The second-order valence-electron chi connectivity index (χ2n) is 2.58. The normalized spacial score (nSPS) is 11.0. The standard InChI is InChI=1S/C7H12O6S/c1-6(4-2-3-5-8)7(9)13-14(10,11)12/h8H,1-5H2,(H,10,11,12). The molecular formula is C7H12O6S. The monoisotopic (exact) mass is 224 g/mol. The Labute approximate surface area is 82.1 Å². The second-order valence-corrected chi connectivity index (χ2v) is 3.60. The highest BCUT2D eigenvalue weighted by Gasteiger charge is 2.15. The third-order valence-electron chi connectivity index (χ3n) is 1.36. The highest BCUT2D eigenvalue weighted by molar-refractivity contribution is 7.81. The number of unbranched alkanes of at least 4 members (excludes halogenated alkanes) is 1. The van der Waals surface area contributed by atoms with Gasteiger partial charge in [-0.05, 0) is 19.3 Å². The Hall–Kier alpha value is -0.920. The number of carbonyl (C=O) groups is 1. The van der Waals surface area contributed by atoms with Crippen LogP contribution < -0.4 is 0 Å². The van der Waals surface area contributed by atoms with E-state index in [0.29, 0.717) is 12.8 Å². The molecule has 0 heterocycles. The zero-order valence-electron chi connectivity index (χ0n) is 7.47. The maximum atomic E-state index is 10.8. The Balaban J connectivity index is 3.96. The summed E-state index contributed by atoms with van der Waals surface area (Å²) in [4.78, 5) is 10.8. The largest absolute Gasteiger partial charge is 0.449 e. The van der Waals surface area contributed by atoms with Crippen LogP contribution in [-0.4, -0.2) is 30.7 Å². The number of hydrogen-bond donors (Lipinski definition) is 2. The summed E-state index contributed by atoms with van der Waals surface area (Å²) in [6.07, 6.45) is 1.20. The molecule has 0 unspecified atom stereocenters. The van der Waals surface area contributed by atoms with Gasteiger partial charge in [-0.2, -0.15) is 8.42 Å². The molecular weight excluding hydrogens is 212 g/mol. The Morgan fingerprint density at radius 2 is 1.93 bits per heavy atom. The molecule has 0 aromatic carbocycles. The van der Waals surface area contributed by atoms with E-state index in [1.165, 1.54) is 0 Å². The van der Waals surface area contributed by atoms with E-state index in [1.54, 1.807) is 0 Å². The van der Waals surface area contributed by atoms with Crippen molar-refractivity contribution < 1.29 is 27.1 Å². The van der Waals surface area contributed by atoms with Crippen LogP contribution >= 0.6 is 0 Å². The Morgan fingerprint density at radius 3 is 2.36 bits per heavy atom. The summed E-state index contributed by atoms with van der Waals surface area (Å²) < 4.78 is 32.0. The SMILES string of the molecule is C=C(CCCCO)C(=O)OS(=O)(=O)O. The molecule has 0 spiro atoms. The Bertz CT molecular complexity index is 304. The average Bonchev–Trinajstić information content (AvgIpc) is 2.01. The third-order valence-corrected chi connectivity index (χ3v) is 1.72. The molecule has 0 radical (unpaired) electrons. The summed E-state index contributed by atoms with van der Waals surface area (Å²) >= 11 is 0. The van der Waals surface area contributed by atoms with Gasteiger partial charge in [0.1, 0.15) is 0 Å². The molecule has 0 saturated carbocycles. The minimum atomic E-state index is -4.76. The smallest absolute Gasteiger partial charge is 0.396 e. The Morgan fingerprint density at radius 1 is 1.36 bits per heavy atom. The van der Waals surface area contributed by atoms with Gasteiger partial charge in [-0.3, -0.25) is 4.55 Å². The molecule has 6 nitrogen and oxygen atoms in total. The summed E-state index contributed by atoms with van der Waals surface area (Å²) in [5.41, 5.74) is -0.0592. The zero-order chi connectivity index (χ0) is 11.2. The third kappa shape index (κ3) is 6.58. The van der Waals surface area contributed by atoms with Crippen LogP contribution in [0.15, 0.2) is 12.2 Å². The van der Waals surface area contributed by atoms with Crippen LogP contribution in [0.5, 0.6) is 0 Å². The van der Waals surface area contributed by atoms with Gasteiger partial charge in [0.2, 0.25) is 0 Å². The van der Waals surface area contributed by atoms with Gasteiger partial charge < -0.3 is 9.29 Å². The molecule has 0 aromatic heterocycles. The first-order valence-electron chi connectivity index (χ1n) is 3.86. The van der Waals surface area contributed by atoms with Crippen molar-refractivity contribution in [2.24, 2.45) is 0 Å². The van der Waals surface area contributed by atoms with Gasteiger partial charge in [-0.25, -0.2) is 4.79 Å². The van der Waals surface area contributed by atoms with Crippen LogP contribution in [0.3, 0.4) is 0 Å². The maximum Gasteiger partial charge on any atom is 0.449 e. The van der Waals surface area contributed by atoms with E-state index in [2.05, 4.69) is 10.8 Å². The molecule has 0 rings (SSSR count). The molecule has 0 fully saturated rings. The Kier molecular flexibility index (Phi) is 5.36. The molecule has 2 N–H and O–H groups in total. The van der Waals surface area contributed by atoms with Gasteiger partial charge in [0.25, 0.3) is 0 Å². The molecule has 0 aliphatic heterocycles. The van der Waals surface area contributed by atoms with Crippen molar-refractivity contribution in [1.82, 2.24) is 0 Å². The van der Waals surface area contributed by atoms with Crippen molar-refractivity contribution in [3.63, 3.8) is 0 Å². The van der Waals surface area contributed by atoms with E-state index in [1.807, 2.05) is 0 Å². The van der Waals surface area contributed by atoms with E-state index < -0.39 is 16.4 Å². The summed E-state index contributed by atoms with van der Waals surface area (Å²) in [5, 5.41) is 8.42. The van der Waals surface area contributed by atoms with Crippen LogP contribution in [0.1, 0.15) is 19.3 Å². The van der Waals surface area contributed by atoms with Crippen LogP contribution in [0.4, 0.5) is 0 Å². The van der Waals surface area contributed by atoms with Crippen molar-refractivity contribution in [2.45, 2.75) is 19.3 Å². The zero-order valence-corrected chi connectivity index (χ0v) is 8.29. The first-order valence-corrected chi connectivity index (χ1v) is 5.23. The molecule has 82 valence electrons. The summed E-state index contributed by atoms with van der Waals surface area (Å²) in [5.74, 6) is -1.18. The van der Waals surface area contributed by atoms with Gasteiger partial charge in [0, 0.05) is 12.2 Å². The van der Waals surface area contributed by atoms with E-state index in [9.17, 15) is 13.2 Å². The number of aliphatic hydroxyl groups is 1. The fourth-order valence-corrected chi connectivity index (χ4v) is 1.02. The van der Waals surface area contributed by atoms with Gasteiger partial charge in [-0.1, -0.05) is 6.58 Å². The first-order chi connectivity index (χ1) is 6.37. The minimum absolute atomic E-state index is 0.0133. The molecule has 0 saturated heterocycles. The molecule has 0 atom stereocenters. The lowest BCUT2D eigenvalue weighted by Crippen LogP contribution is -2.13. The van der Waals surface area contributed by atoms with E-state index in [4.69, 9.17) is 9.66 Å². The van der Waals surface area contributed by atoms with Crippen molar-refractivity contribution in [3.05, 3.63) is 12.2 Å². The fourth-order valence-electron chi connectivity index (χ4n) is 0.707. The van der Waals surface area contributed by atoms with Crippen molar-refractivity contribution in [1.29, 1.82) is 0 Å². The summed E-state index contributed by atoms with van der Waals surface area (Å²) in [7, 11) is -4.76. The van der Waals surface area contributed by atoms with Gasteiger partial charge in [-0.15, -0.1) is 0 Å². The topological polar surface area (TPSA) is 101 Å². The van der Waals surface area contributed by atoms with Crippen LogP contribution in [0, 0.1) is 0 Å². The average molecular weight is 224 g/mol. The molecule has 14 heavy (non-hydrogen) atoms. The van der Waals surface area contributed by atoms with Crippen LogP contribution in [0.25, 0.3) is 0 Å². The van der Waals surface area contributed by atoms with Crippen molar-refractivity contribution in [3.8, 4) is 0 Å². The number of rotatable bonds is 6. The van der Waals surface area contributed by atoms with Crippen molar-refractivity contribution in [2.75, 3.05) is 6.61 Å². The van der Waals surface area contributed by atoms with E-state index in [-0.39, 0.29) is 18.6 Å². The predicted octanol–water partition coefficient (Wildman–Crippen LogP) is 0.0512. The number of carbonyl (C=O) groups excluding carboxylic acids is 1. The summed E-state index contributed by atoms with van der Waals surface area (Å²) in [6, 6.07) is 0.